The zero-order chi connectivity index (χ0) is 14.1. The first kappa shape index (κ1) is 12.3. The lowest BCUT2D eigenvalue weighted by molar-refractivity contribution is -0.141. The van der Waals surface area contributed by atoms with Gasteiger partial charge in [0.2, 0.25) is 0 Å². The van der Waals surface area contributed by atoms with Crippen molar-refractivity contribution in [3.05, 3.63) is 35.6 Å². The summed E-state index contributed by atoms with van der Waals surface area (Å²) >= 11 is 0. The second kappa shape index (κ2) is 3.61. The highest BCUT2D eigenvalue weighted by Gasteiger charge is 2.76. The van der Waals surface area contributed by atoms with Crippen LogP contribution in [0, 0.1) is 5.82 Å². The molecule has 106 valence electrons. The Morgan fingerprint density at radius 2 is 2.05 bits per heavy atom. The number of amides is 1. The molecule has 1 aromatic rings. The van der Waals surface area contributed by atoms with Crippen LogP contribution in [0.4, 0.5) is 4.39 Å². The summed E-state index contributed by atoms with van der Waals surface area (Å²) in [6.07, 6.45) is 3.66. The largest absolute Gasteiger partial charge is 0.380 e. The van der Waals surface area contributed by atoms with Gasteiger partial charge in [0.05, 0.1) is 11.6 Å². The summed E-state index contributed by atoms with van der Waals surface area (Å²) in [4.78, 5) is 14.2. The molecule has 1 aliphatic carbocycles. The van der Waals surface area contributed by atoms with Crippen molar-refractivity contribution >= 4 is 5.91 Å². The van der Waals surface area contributed by atoms with E-state index in [4.69, 9.17) is 0 Å². The summed E-state index contributed by atoms with van der Waals surface area (Å²) in [6.45, 7) is 1.61. The Morgan fingerprint density at radius 3 is 2.65 bits per heavy atom. The maximum absolute atomic E-state index is 13.1. The molecule has 0 bridgehead atoms. The van der Waals surface area contributed by atoms with Crippen molar-refractivity contribution in [3.63, 3.8) is 0 Å². The number of aliphatic hydroxyl groups is 1. The number of carbonyl (C=O) groups excluding carboxylic acids is 1. The first-order valence-electron chi connectivity index (χ1n) is 7.28. The number of hydrogen-bond donors (Lipinski definition) is 1. The first-order chi connectivity index (χ1) is 9.47. The van der Waals surface area contributed by atoms with Gasteiger partial charge in [-0.2, -0.15) is 0 Å². The van der Waals surface area contributed by atoms with Gasteiger partial charge in [-0.1, -0.05) is 18.6 Å². The number of halogens is 1. The van der Waals surface area contributed by atoms with Crippen LogP contribution in [0.25, 0.3) is 0 Å². The van der Waals surface area contributed by atoms with Gasteiger partial charge < -0.3 is 10.0 Å². The Balaban J connectivity index is 1.68. The van der Waals surface area contributed by atoms with E-state index in [2.05, 4.69) is 0 Å². The lowest BCUT2D eigenvalue weighted by Crippen LogP contribution is -2.42. The molecule has 2 heterocycles. The van der Waals surface area contributed by atoms with Crippen molar-refractivity contribution in [2.45, 2.75) is 55.7 Å². The molecular formula is C16H18FNO2. The molecule has 3 aliphatic rings. The van der Waals surface area contributed by atoms with E-state index in [-0.39, 0.29) is 29.2 Å². The zero-order valence-electron chi connectivity index (χ0n) is 11.5. The number of benzene rings is 1. The predicted octanol–water partition coefficient (Wildman–Crippen LogP) is 2.20. The first-order valence-corrected chi connectivity index (χ1v) is 7.28. The highest BCUT2D eigenvalue weighted by Crippen LogP contribution is 2.65. The smallest absolute Gasteiger partial charge is 0.255 e. The van der Waals surface area contributed by atoms with Crippen LogP contribution in [0.1, 0.15) is 44.1 Å². The second-order valence-electron chi connectivity index (χ2n) is 6.66. The molecule has 1 N–H and O–H groups in total. The molecule has 3 nitrogen and oxygen atoms in total. The van der Waals surface area contributed by atoms with Gasteiger partial charge in [-0.3, -0.25) is 4.79 Å². The Kier molecular flexibility index (Phi) is 2.23. The van der Waals surface area contributed by atoms with Crippen molar-refractivity contribution in [1.29, 1.82) is 0 Å². The molecule has 0 radical (unpaired) electrons. The molecule has 1 amide bonds. The highest BCUT2D eigenvalue weighted by atomic mass is 19.1. The van der Waals surface area contributed by atoms with Crippen LogP contribution >= 0.6 is 0 Å². The normalized spacial score (nSPS) is 42.4. The van der Waals surface area contributed by atoms with E-state index in [9.17, 15) is 14.3 Å². The summed E-state index contributed by atoms with van der Waals surface area (Å²) in [6, 6.07) is 6.83. The molecule has 2 saturated heterocycles. The molecule has 1 aromatic carbocycles. The minimum atomic E-state index is -1.19. The fourth-order valence-electron chi connectivity index (χ4n) is 4.58. The Labute approximate surface area is 117 Å². The molecule has 4 atom stereocenters. The highest BCUT2D eigenvalue weighted by molar-refractivity contribution is 5.92. The molecule has 1 spiro atoms. The van der Waals surface area contributed by atoms with Gasteiger partial charge in [0, 0.05) is 12.3 Å². The van der Waals surface area contributed by atoms with E-state index >= 15 is 0 Å². The third-order valence-corrected chi connectivity index (χ3v) is 5.49. The number of piperidine rings is 1. The second-order valence-corrected chi connectivity index (χ2v) is 6.66. The number of fused-ring (bicyclic) bond motifs is 3. The molecule has 4 heteroatoms. The Hall–Kier alpha value is -1.42. The van der Waals surface area contributed by atoms with E-state index < -0.39 is 5.60 Å². The van der Waals surface area contributed by atoms with Gasteiger partial charge in [-0.05, 0) is 37.5 Å². The van der Waals surface area contributed by atoms with Gasteiger partial charge in [0.25, 0.3) is 5.91 Å². The molecule has 1 saturated carbocycles. The van der Waals surface area contributed by atoms with Crippen molar-refractivity contribution in [2.24, 2.45) is 0 Å². The fourth-order valence-corrected chi connectivity index (χ4v) is 4.58. The number of nitrogens with zero attached hydrogens (tertiary/aromatic N) is 1. The maximum Gasteiger partial charge on any atom is 0.255 e. The SMILES string of the molecule is CC1(O)CC2N(C1=O)C21CCCC1c1ccc(F)cc1. The van der Waals surface area contributed by atoms with E-state index in [1.54, 1.807) is 6.92 Å². The minimum Gasteiger partial charge on any atom is -0.380 e. The van der Waals surface area contributed by atoms with Gasteiger partial charge in [0.1, 0.15) is 11.4 Å². The van der Waals surface area contributed by atoms with Crippen LogP contribution in [0.3, 0.4) is 0 Å². The van der Waals surface area contributed by atoms with Crippen LogP contribution in [0.15, 0.2) is 24.3 Å². The molecule has 3 fully saturated rings. The van der Waals surface area contributed by atoms with Crippen LogP contribution in [-0.2, 0) is 4.79 Å². The van der Waals surface area contributed by atoms with Crippen molar-refractivity contribution in [1.82, 2.24) is 4.90 Å². The van der Waals surface area contributed by atoms with E-state index in [1.165, 1.54) is 12.1 Å². The number of rotatable bonds is 1. The van der Waals surface area contributed by atoms with Crippen molar-refractivity contribution < 1.29 is 14.3 Å². The van der Waals surface area contributed by atoms with E-state index in [0.717, 1.165) is 24.8 Å². The molecule has 0 aromatic heterocycles. The molecule has 20 heavy (non-hydrogen) atoms. The monoisotopic (exact) mass is 275 g/mol. The maximum atomic E-state index is 13.1. The van der Waals surface area contributed by atoms with Gasteiger partial charge in [-0.15, -0.1) is 0 Å². The Bertz CT molecular complexity index is 583. The van der Waals surface area contributed by atoms with Gasteiger partial charge in [0.15, 0.2) is 0 Å². The standard InChI is InChI=1S/C16H18FNO2/c1-15(20)9-13-16(18(13)14(15)19)8-2-3-12(16)10-4-6-11(17)7-5-10/h4-7,12-13,20H,2-3,8-9H2,1H3. The fraction of sp³-hybridized carbons (Fsp3) is 0.562. The molecule has 4 rings (SSSR count). The zero-order valence-corrected chi connectivity index (χ0v) is 11.5. The molecular weight excluding hydrogens is 257 g/mol. The van der Waals surface area contributed by atoms with Gasteiger partial charge in [-0.25, -0.2) is 4.39 Å². The summed E-state index contributed by atoms with van der Waals surface area (Å²) in [5, 5.41) is 10.1. The topological polar surface area (TPSA) is 40.3 Å². The third-order valence-electron chi connectivity index (χ3n) is 5.49. The van der Waals surface area contributed by atoms with E-state index in [0.29, 0.717) is 6.42 Å². The average molecular weight is 275 g/mol. The van der Waals surface area contributed by atoms with Crippen molar-refractivity contribution in [3.8, 4) is 0 Å². The van der Waals surface area contributed by atoms with Crippen LogP contribution in [-0.4, -0.2) is 33.1 Å². The van der Waals surface area contributed by atoms with Crippen molar-refractivity contribution in [2.75, 3.05) is 0 Å². The Morgan fingerprint density at radius 1 is 1.35 bits per heavy atom. The van der Waals surface area contributed by atoms with E-state index in [1.807, 2.05) is 17.0 Å². The quantitative estimate of drug-likeness (QED) is 0.798. The van der Waals surface area contributed by atoms with Crippen LogP contribution < -0.4 is 0 Å². The minimum absolute atomic E-state index is 0.100. The average Bonchev–Trinajstić information content (AvgIpc) is 2.68. The molecule has 4 unspecified atom stereocenters. The lowest BCUT2D eigenvalue weighted by atomic mass is 9.81. The van der Waals surface area contributed by atoms with Crippen LogP contribution in [0.5, 0.6) is 0 Å². The number of hydrogen-bond acceptors (Lipinski definition) is 2. The van der Waals surface area contributed by atoms with Crippen LogP contribution in [0.2, 0.25) is 0 Å². The summed E-state index contributed by atoms with van der Waals surface area (Å²) in [7, 11) is 0. The summed E-state index contributed by atoms with van der Waals surface area (Å²) < 4.78 is 13.1. The lowest BCUT2D eigenvalue weighted by Gasteiger charge is -2.27. The summed E-state index contributed by atoms with van der Waals surface area (Å²) in [5.41, 5.74) is -0.172. The predicted molar refractivity (Wildman–Crippen MR) is 71.6 cm³/mol. The van der Waals surface area contributed by atoms with Gasteiger partial charge >= 0.3 is 0 Å². The third kappa shape index (κ3) is 1.35. The molecule has 2 aliphatic heterocycles. The summed E-state index contributed by atoms with van der Waals surface area (Å²) in [5.74, 6) is -0.0687. The number of carbonyl (C=O) groups is 1.